The number of rotatable bonds is 3. The minimum atomic E-state index is -1.01. The van der Waals surface area contributed by atoms with Crippen molar-refractivity contribution >= 4 is 28.8 Å². The van der Waals surface area contributed by atoms with Crippen molar-refractivity contribution in [1.82, 2.24) is 0 Å². The minimum Gasteiger partial charge on any atom is -0.478 e. The Labute approximate surface area is 109 Å². The van der Waals surface area contributed by atoms with E-state index in [-0.39, 0.29) is 0 Å². The van der Waals surface area contributed by atoms with E-state index in [1.165, 1.54) is 13.2 Å². The highest BCUT2D eigenvalue weighted by Gasteiger charge is 2.11. The van der Waals surface area contributed by atoms with Gasteiger partial charge in [-0.15, -0.1) is 0 Å². The smallest absolute Gasteiger partial charge is 0.338 e. The summed E-state index contributed by atoms with van der Waals surface area (Å²) in [5, 5.41) is 10.2. The number of esters is 1. The second-order valence-corrected chi connectivity index (χ2v) is 3.91. The minimum absolute atomic E-state index is 0.412. The predicted octanol–water partition coefficient (Wildman–Crippen LogP) is 2.72. The number of fused-ring (bicyclic) bond motifs is 1. The molecular formula is C15H12O4. The van der Waals surface area contributed by atoms with Crippen LogP contribution in [0.25, 0.3) is 16.8 Å². The average Bonchev–Trinajstić information content (AvgIpc) is 2.43. The fourth-order valence-electron chi connectivity index (χ4n) is 1.92. The monoisotopic (exact) mass is 256 g/mol. The lowest BCUT2D eigenvalue weighted by atomic mass is 9.99. The van der Waals surface area contributed by atoms with Gasteiger partial charge in [0.15, 0.2) is 0 Å². The van der Waals surface area contributed by atoms with Crippen LogP contribution >= 0.6 is 0 Å². The zero-order valence-electron chi connectivity index (χ0n) is 10.3. The number of aliphatic carboxylic acids is 1. The molecule has 0 aliphatic heterocycles. The molecule has 0 radical (unpaired) electrons. The van der Waals surface area contributed by atoms with Gasteiger partial charge in [0.25, 0.3) is 0 Å². The van der Waals surface area contributed by atoms with E-state index in [1.807, 2.05) is 18.2 Å². The maximum atomic E-state index is 11.7. The van der Waals surface area contributed by atoms with Crippen molar-refractivity contribution in [2.45, 2.75) is 0 Å². The number of benzene rings is 2. The number of hydrogen-bond donors (Lipinski definition) is 1. The molecule has 0 aliphatic carbocycles. The van der Waals surface area contributed by atoms with E-state index in [4.69, 9.17) is 9.84 Å². The number of carboxylic acid groups (broad SMARTS) is 1. The van der Waals surface area contributed by atoms with Gasteiger partial charge in [-0.05, 0) is 28.5 Å². The lowest BCUT2D eigenvalue weighted by Crippen LogP contribution is -2.02. The Morgan fingerprint density at radius 3 is 2.42 bits per heavy atom. The molecule has 4 nitrogen and oxygen atoms in total. The molecule has 0 saturated carbocycles. The molecule has 0 unspecified atom stereocenters. The Bertz CT molecular complexity index is 671. The van der Waals surface area contributed by atoms with Gasteiger partial charge in [-0.1, -0.05) is 30.3 Å². The fourth-order valence-corrected chi connectivity index (χ4v) is 1.92. The van der Waals surface area contributed by atoms with Gasteiger partial charge in [-0.3, -0.25) is 0 Å². The normalized spacial score (nSPS) is 10.8. The molecule has 0 amide bonds. The number of carboxylic acids is 1. The van der Waals surface area contributed by atoms with Crippen molar-refractivity contribution < 1.29 is 19.4 Å². The summed E-state index contributed by atoms with van der Waals surface area (Å²) in [5.74, 6) is -1.42. The Morgan fingerprint density at radius 1 is 1.11 bits per heavy atom. The first-order valence-electron chi connectivity index (χ1n) is 5.64. The first-order valence-corrected chi connectivity index (χ1v) is 5.64. The Balaban J connectivity index is 2.64. The highest BCUT2D eigenvalue weighted by molar-refractivity contribution is 6.07. The molecule has 19 heavy (non-hydrogen) atoms. The van der Waals surface area contributed by atoms with Crippen LogP contribution in [0, 0.1) is 0 Å². The Kier molecular flexibility index (Phi) is 3.61. The lowest BCUT2D eigenvalue weighted by molar-refractivity contribution is -0.131. The molecule has 0 aromatic heterocycles. The summed E-state index contributed by atoms with van der Waals surface area (Å²) in [6, 6.07) is 10.6. The van der Waals surface area contributed by atoms with E-state index in [2.05, 4.69) is 0 Å². The maximum Gasteiger partial charge on any atom is 0.338 e. The Hall–Kier alpha value is -2.62. The summed E-state index contributed by atoms with van der Waals surface area (Å²) >= 11 is 0. The van der Waals surface area contributed by atoms with E-state index >= 15 is 0 Å². The summed E-state index contributed by atoms with van der Waals surface area (Å²) in [5.41, 5.74) is 1.20. The van der Waals surface area contributed by atoms with Crippen LogP contribution in [0.2, 0.25) is 0 Å². The fraction of sp³-hybridized carbons (Fsp3) is 0.0667. The zero-order chi connectivity index (χ0) is 13.8. The third-order valence-electron chi connectivity index (χ3n) is 2.77. The quantitative estimate of drug-likeness (QED) is 0.677. The predicted molar refractivity (Wildman–Crippen MR) is 72.0 cm³/mol. The Morgan fingerprint density at radius 2 is 1.79 bits per heavy atom. The van der Waals surface area contributed by atoms with E-state index in [0.29, 0.717) is 5.56 Å². The maximum absolute atomic E-state index is 11.7. The molecule has 0 heterocycles. The number of carbonyl (C=O) groups is 2. The van der Waals surface area contributed by atoms with Crippen molar-refractivity contribution in [2.24, 2.45) is 0 Å². The average molecular weight is 256 g/mol. The molecule has 4 heteroatoms. The molecule has 1 N–H and O–H groups in total. The molecular weight excluding hydrogens is 244 g/mol. The van der Waals surface area contributed by atoms with Gasteiger partial charge in [0.1, 0.15) is 0 Å². The van der Waals surface area contributed by atoms with E-state index in [1.54, 1.807) is 18.2 Å². The molecule has 0 saturated heterocycles. The molecule has 0 atom stereocenters. The molecule has 0 bridgehead atoms. The van der Waals surface area contributed by atoms with Gasteiger partial charge in [-0.2, -0.15) is 0 Å². The number of hydrogen-bond acceptors (Lipinski definition) is 3. The third-order valence-corrected chi connectivity index (χ3v) is 2.77. The van der Waals surface area contributed by atoms with Crippen LogP contribution in [0.3, 0.4) is 0 Å². The van der Waals surface area contributed by atoms with Crippen LogP contribution in [0.1, 0.15) is 15.9 Å². The third kappa shape index (κ3) is 2.63. The SMILES string of the molecule is COC(=O)c1ccc(/C=C/C(=O)O)c2ccccc12. The molecule has 0 aliphatic rings. The van der Waals surface area contributed by atoms with Gasteiger partial charge in [0.05, 0.1) is 12.7 Å². The summed E-state index contributed by atoms with van der Waals surface area (Å²) < 4.78 is 4.73. The van der Waals surface area contributed by atoms with E-state index < -0.39 is 11.9 Å². The van der Waals surface area contributed by atoms with Crippen LogP contribution in [0.4, 0.5) is 0 Å². The zero-order valence-corrected chi connectivity index (χ0v) is 10.3. The van der Waals surface area contributed by atoms with Gasteiger partial charge in [-0.25, -0.2) is 9.59 Å². The summed E-state index contributed by atoms with van der Waals surface area (Å²) in [6.45, 7) is 0. The standard InChI is InChI=1S/C15H12O4/c1-19-15(18)13-8-6-10(7-9-14(16)17)11-4-2-3-5-12(11)13/h2-9H,1H3,(H,16,17)/b9-7+. The van der Waals surface area contributed by atoms with Crippen LogP contribution in [-0.2, 0) is 9.53 Å². The van der Waals surface area contributed by atoms with Crippen LogP contribution in [-0.4, -0.2) is 24.2 Å². The van der Waals surface area contributed by atoms with Crippen molar-refractivity contribution in [3.8, 4) is 0 Å². The molecule has 0 fully saturated rings. The summed E-state index contributed by atoms with van der Waals surface area (Å²) in [7, 11) is 1.33. The van der Waals surface area contributed by atoms with Crippen molar-refractivity contribution in [3.05, 3.63) is 53.6 Å². The topological polar surface area (TPSA) is 63.6 Å². The number of carbonyl (C=O) groups excluding carboxylic acids is 1. The highest BCUT2D eigenvalue weighted by Crippen LogP contribution is 2.24. The molecule has 2 rings (SSSR count). The number of ether oxygens (including phenoxy) is 1. The highest BCUT2D eigenvalue weighted by atomic mass is 16.5. The van der Waals surface area contributed by atoms with Crippen molar-refractivity contribution in [3.63, 3.8) is 0 Å². The van der Waals surface area contributed by atoms with Gasteiger partial charge < -0.3 is 9.84 Å². The first-order chi connectivity index (χ1) is 9.13. The van der Waals surface area contributed by atoms with E-state index in [0.717, 1.165) is 22.4 Å². The van der Waals surface area contributed by atoms with Crippen LogP contribution in [0.15, 0.2) is 42.5 Å². The molecule has 0 spiro atoms. The molecule has 96 valence electrons. The van der Waals surface area contributed by atoms with Gasteiger partial charge >= 0.3 is 11.9 Å². The van der Waals surface area contributed by atoms with Gasteiger partial charge in [0.2, 0.25) is 0 Å². The lowest BCUT2D eigenvalue weighted by Gasteiger charge is -2.07. The summed E-state index contributed by atoms with van der Waals surface area (Å²) in [6.07, 6.45) is 2.57. The first kappa shape index (κ1) is 12.8. The molecule has 2 aromatic rings. The summed E-state index contributed by atoms with van der Waals surface area (Å²) in [4.78, 5) is 22.2. The van der Waals surface area contributed by atoms with Crippen molar-refractivity contribution in [1.29, 1.82) is 0 Å². The van der Waals surface area contributed by atoms with Gasteiger partial charge in [0, 0.05) is 6.08 Å². The van der Waals surface area contributed by atoms with Crippen LogP contribution in [0.5, 0.6) is 0 Å². The second kappa shape index (κ2) is 5.35. The molecule has 2 aromatic carbocycles. The second-order valence-electron chi connectivity index (χ2n) is 3.91. The number of methoxy groups -OCH3 is 1. The van der Waals surface area contributed by atoms with Crippen LogP contribution < -0.4 is 0 Å². The van der Waals surface area contributed by atoms with Crippen molar-refractivity contribution in [2.75, 3.05) is 7.11 Å². The van der Waals surface area contributed by atoms with E-state index in [9.17, 15) is 9.59 Å². The largest absolute Gasteiger partial charge is 0.478 e.